The van der Waals surface area contributed by atoms with Crippen molar-refractivity contribution in [2.24, 2.45) is 11.6 Å². The van der Waals surface area contributed by atoms with Crippen LogP contribution >= 0.6 is 35.3 Å². The summed E-state index contributed by atoms with van der Waals surface area (Å²) in [6, 6.07) is 16.5. The van der Waals surface area contributed by atoms with Gasteiger partial charge in [-0.15, -0.1) is 10.2 Å². The van der Waals surface area contributed by atoms with Crippen LogP contribution in [0.25, 0.3) is 16.2 Å². The summed E-state index contributed by atoms with van der Waals surface area (Å²) < 4.78 is 13.0. The summed E-state index contributed by atoms with van der Waals surface area (Å²) in [4.78, 5) is 2.17. The molecule has 2 aromatic heterocycles. The Morgan fingerprint density at radius 3 is 2.68 bits per heavy atom. The SMILES string of the molecule is Cc1sc2nnc(SCc3ccc4c(c3)OCO4)n2c1-c1ccccc1.NNC(N)=S. The van der Waals surface area contributed by atoms with E-state index in [4.69, 9.17) is 15.2 Å². The molecule has 3 heterocycles. The Morgan fingerprint density at radius 2 is 1.94 bits per heavy atom. The van der Waals surface area contributed by atoms with Crippen LogP contribution in [0.1, 0.15) is 10.4 Å². The number of benzene rings is 2. The molecule has 4 aromatic rings. The number of thioether (sulfide) groups is 1. The molecule has 31 heavy (non-hydrogen) atoms. The normalized spacial score (nSPS) is 11.8. The molecule has 0 saturated heterocycles. The molecule has 5 N–H and O–H groups in total. The number of nitrogens with one attached hydrogen (secondary N) is 1. The minimum atomic E-state index is 0.116. The van der Waals surface area contributed by atoms with E-state index in [1.165, 1.54) is 21.7 Å². The molecule has 0 fully saturated rings. The van der Waals surface area contributed by atoms with Crippen LogP contribution in [0.15, 0.2) is 53.7 Å². The van der Waals surface area contributed by atoms with Crippen LogP contribution in [-0.4, -0.2) is 26.5 Å². The fourth-order valence-electron chi connectivity index (χ4n) is 3.06. The molecule has 5 rings (SSSR count). The summed E-state index contributed by atoms with van der Waals surface area (Å²) >= 11 is 7.59. The fourth-order valence-corrected chi connectivity index (χ4v) is 4.93. The van der Waals surface area contributed by atoms with Crippen molar-refractivity contribution in [1.82, 2.24) is 20.0 Å². The van der Waals surface area contributed by atoms with Crippen molar-refractivity contribution in [2.45, 2.75) is 17.8 Å². The highest BCUT2D eigenvalue weighted by molar-refractivity contribution is 7.98. The number of aryl methyl sites for hydroxylation is 1. The Labute approximate surface area is 192 Å². The first-order valence-electron chi connectivity index (χ1n) is 9.24. The predicted molar refractivity (Wildman–Crippen MR) is 127 cm³/mol. The third-order valence-corrected chi connectivity index (χ3v) is 6.46. The Morgan fingerprint density at radius 1 is 1.19 bits per heavy atom. The number of thiocarbonyl (C=S) groups is 1. The number of fused-ring (bicyclic) bond motifs is 2. The Balaban J connectivity index is 0.000000418. The number of ether oxygens (including phenoxy) is 2. The minimum Gasteiger partial charge on any atom is -0.454 e. The number of aromatic nitrogens is 3. The molecular formula is C20H20N6O2S3. The Bertz CT molecular complexity index is 1210. The number of thiazole rings is 1. The van der Waals surface area contributed by atoms with Gasteiger partial charge in [0.05, 0.1) is 5.69 Å². The molecule has 0 aliphatic carbocycles. The van der Waals surface area contributed by atoms with Gasteiger partial charge in [-0.25, -0.2) is 5.84 Å². The fraction of sp³-hybridized carbons (Fsp3) is 0.150. The van der Waals surface area contributed by atoms with Gasteiger partial charge in [0.25, 0.3) is 0 Å². The van der Waals surface area contributed by atoms with Crippen molar-refractivity contribution in [2.75, 3.05) is 6.79 Å². The van der Waals surface area contributed by atoms with Gasteiger partial charge in [-0.1, -0.05) is 59.5 Å². The lowest BCUT2D eigenvalue weighted by Gasteiger charge is -2.05. The van der Waals surface area contributed by atoms with Crippen molar-refractivity contribution in [1.29, 1.82) is 0 Å². The first kappa shape index (κ1) is 21.4. The van der Waals surface area contributed by atoms with E-state index in [-0.39, 0.29) is 5.11 Å². The lowest BCUT2D eigenvalue weighted by Crippen LogP contribution is -2.34. The van der Waals surface area contributed by atoms with E-state index in [1.807, 2.05) is 23.6 Å². The number of rotatable bonds is 4. The number of hydrogen-bond acceptors (Lipinski definition) is 8. The number of nitrogens with zero attached hydrogens (tertiary/aromatic N) is 3. The van der Waals surface area contributed by atoms with Gasteiger partial charge < -0.3 is 20.6 Å². The number of hydrogen-bond donors (Lipinski definition) is 3. The topological polar surface area (TPSA) is 113 Å². The van der Waals surface area contributed by atoms with Gasteiger partial charge in [0, 0.05) is 10.6 Å². The molecule has 0 unspecified atom stereocenters. The second kappa shape index (κ2) is 9.52. The van der Waals surface area contributed by atoms with Crippen LogP contribution in [0.3, 0.4) is 0 Å². The highest BCUT2D eigenvalue weighted by Crippen LogP contribution is 2.36. The van der Waals surface area contributed by atoms with Crippen molar-refractivity contribution >= 4 is 45.4 Å². The van der Waals surface area contributed by atoms with Crippen molar-refractivity contribution in [3.8, 4) is 22.8 Å². The molecule has 1 aliphatic heterocycles. The average molecular weight is 473 g/mol. The highest BCUT2D eigenvalue weighted by Gasteiger charge is 2.18. The maximum atomic E-state index is 5.46. The van der Waals surface area contributed by atoms with Gasteiger partial charge in [-0.05, 0) is 42.4 Å². The summed E-state index contributed by atoms with van der Waals surface area (Å²) in [5, 5.41) is 9.78. The summed E-state index contributed by atoms with van der Waals surface area (Å²) in [7, 11) is 0. The van der Waals surface area contributed by atoms with Crippen LogP contribution in [0.5, 0.6) is 11.5 Å². The maximum absolute atomic E-state index is 5.46. The zero-order valence-corrected chi connectivity index (χ0v) is 19.0. The second-order valence-corrected chi connectivity index (χ2v) is 9.02. The molecule has 0 atom stereocenters. The van der Waals surface area contributed by atoms with Gasteiger partial charge in [0.15, 0.2) is 21.8 Å². The van der Waals surface area contributed by atoms with Gasteiger partial charge in [0.2, 0.25) is 11.8 Å². The quantitative estimate of drug-likeness (QED) is 0.178. The van der Waals surface area contributed by atoms with E-state index in [0.717, 1.165) is 27.4 Å². The van der Waals surface area contributed by atoms with Crippen molar-refractivity contribution in [3.63, 3.8) is 0 Å². The van der Waals surface area contributed by atoms with Crippen LogP contribution < -0.4 is 26.5 Å². The van der Waals surface area contributed by atoms with Crippen molar-refractivity contribution in [3.05, 3.63) is 59.0 Å². The largest absolute Gasteiger partial charge is 0.454 e. The zero-order valence-electron chi connectivity index (χ0n) is 16.6. The molecule has 11 heteroatoms. The third-order valence-electron chi connectivity index (χ3n) is 4.40. The Hall–Kier alpha value is -2.86. The molecule has 8 nitrogen and oxygen atoms in total. The smallest absolute Gasteiger partial charge is 0.231 e. The van der Waals surface area contributed by atoms with E-state index in [1.54, 1.807) is 23.1 Å². The molecule has 0 saturated carbocycles. The van der Waals surface area contributed by atoms with E-state index in [9.17, 15) is 0 Å². The monoisotopic (exact) mass is 472 g/mol. The second-order valence-electron chi connectivity index (χ2n) is 6.46. The summed E-state index contributed by atoms with van der Waals surface area (Å²) in [5.74, 6) is 7.07. The predicted octanol–water partition coefficient (Wildman–Crippen LogP) is 3.48. The van der Waals surface area contributed by atoms with E-state index in [0.29, 0.717) is 6.79 Å². The highest BCUT2D eigenvalue weighted by atomic mass is 32.2. The van der Waals surface area contributed by atoms with Crippen LogP contribution in [0.4, 0.5) is 0 Å². The lowest BCUT2D eigenvalue weighted by molar-refractivity contribution is 0.174. The molecule has 2 aromatic carbocycles. The van der Waals surface area contributed by atoms with Crippen LogP contribution in [-0.2, 0) is 5.75 Å². The van der Waals surface area contributed by atoms with E-state index < -0.39 is 0 Å². The summed E-state index contributed by atoms with van der Waals surface area (Å²) in [6.45, 7) is 2.43. The number of hydrazine groups is 1. The van der Waals surface area contributed by atoms with Gasteiger partial charge in [-0.2, -0.15) is 0 Å². The third kappa shape index (κ3) is 4.74. The standard InChI is InChI=1S/C19H15N3O2S2.CH5N3S/c1-12-17(14-5-3-2-4-6-14)22-18(20-21-19(22)26-12)25-10-13-7-8-15-16(9-13)24-11-23-15;2-1(5)4-3/h2-9H,10-11H2,1H3;3H2,(H3,2,4,5). The molecule has 0 bridgehead atoms. The van der Waals surface area contributed by atoms with E-state index >= 15 is 0 Å². The molecule has 0 amide bonds. The van der Waals surface area contributed by atoms with Gasteiger partial charge in [-0.3, -0.25) is 4.40 Å². The van der Waals surface area contributed by atoms with Gasteiger partial charge in [0.1, 0.15) is 0 Å². The van der Waals surface area contributed by atoms with Crippen LogP contribution in [0.2, 0.25) is 0 Å². The average Bonchev–Trinajstić information content (AvgIpc) is 3.48. The lowest BCUT2D eigenvalue weighted by atomic mass is 10.1. The first-order valence-corrected chi connectivity index (χ1v) is 11.4. The number of nitrogens with two attached hydrogens (primary N) is 2. The van der Waals surface area contributed by atoms with Crippen molar-refractivity contribution < 1.29 is 9.47 Å². The summed E-state index contributed by atoms with van der Waals surface area (Å²) in [5.41, 5.74) is 10.3. The summed E-state index contributed by atoms with van der Waals surface area (Å²) in [6.07, 6.45) is 0. The molecule has 1 aliphatic rings. The van der Waals surface area contributed by atoms with Gasteiger partial charge >= 0.3 is 0 Å². The zero-order chi connectivity index (χ0) is 21.8. The van der Waals surface area contributed by atoms with Crippen LogP contribution in [0, 0.1) is 6.92 Å². The molecular weight excluding hydrogens is 452 g/mol. The first-order chi connectivity index (χ1) is 15.1. The molecule has 160 valence electrons. The molecule has 0 radical (unpaired) electrons. The van der Waals surface area contributed by atoms with E-state index in [2.05, 4.69) is 69.9 Å². The molecule has 0 spiro atoms. The Kier molecular flexibility index (Phi) is 6.56. The maximum Gasteiger partial charge on any atom is 0.231 e. The minimum absolute atomic E-state index is 0.116.